The predicted molar refractivity (Wildman–Crippen MR) is 172 cm³/mol. The molecule has 3 rings (SSSR count). The Morgan fingerprint density at radius 3 is 2.03 bits per heavy atom. The van der Waals surface area contributed by atoms with Crippen LogP contribution in [0.15, 0.2) is 0 Å². The van der Waals surface area contributed by atoms with Crippen LogP contribution in [0.1, 0.15) is 107 Å². The molecule has 0 spiro atoms. The Hall–Kier alpha value is -0.126. The molecule has 3 saturated carbocycles. The third-order valence-electron chi connectivity index (χ3n) is 13.8. The fourth-order valence-corrected chi connectivity index (χ4v) is 11.2. The Balaban J connectivity index is 1.98. The maximum absolute atomic E-state index is 11.7. The molecule has 0 aromatic heterocycles. The molecule has 3 fully saturated rings. The smallest absolute Gasteiger partial charge is 0.191 e. The maximum Gasteiger partial charge on any atom is 0.191 e. The van der Waals surface area contributed by atoms with E-state index in [9.17, 15) is 10.2 Å². The molecule has 3 aliphatic carbocycles. The lowest BCUT2D eigenvalue weighted by atomic mass is 9.48. The normalized spacial score (nSPS) is 40.3. The summed E-state index contributed by atoms with van der Waals surface area (Å²) in [5.74, 6) is 4.87. The van der Waals surface area contributed by atoms with Gasteiger partial charge in [0.2, 0.25) is 0 Å². The monoisotopic (exact) mass is 576 g/mol. The molecule has 2 unspecified atom stereocenters. The van der Waals surface area contributed by atoms with Crippen molar-refractivity contribution in [3.63, 3.8) is 0 Å². The van der Waals surface area contributed by atoms with E-state index in [1.54, 1.807) is 0 Å². The van der Waals surface area contributed by atoms with Crippen LogP contribution in [-0.2, 0) is 4.43 Å². The van der Waals surface area contributed by atoms with Crippen molar-refractivity contribution in [2.24, 2.45) is 34.5 Å². The van der Waals surface area contributed by atoms with Gasteiger partial charge in [-0.3, -0.25) is 0 Å². The lowest BCUT2D eigenvalue weighted by Gasteiger charge is -2.58. The van der Waals surface area contributed by atoms with Crippen molar-refractivity contribution < 1.29 is 14.6 Å². The second kappa shape index (κ2) is 10.9. The Bertz CT molecular complexity index is 909. The topological polar surface area (TPSA) is 49.7 Å². The minimum Gasteiger partial charge on any atom is -0.417 e. The van der Waals surface area contributed by atoms with Gasteiger partial charge in [-0.05, 0) is 97.2 Å². The molecule has 0 aromatic rings. The molecule has 0 saturated heterocycles. The van der Waals surface area contributed by atoms with Crippen molar-refractivity contribution in [3.05, 3.63) is 0 Å². The Morgan fingerprint density at radius 2 is 1.49 bits per heavy atom. The molecular weight excluding hydrogens is 513 g/mol. The van der Waals surface area contributed by atoms with Gasteiger partial charge < -0.3 is 14.6 Å². The maximum atomic E-state index is 11.7. The van der Waals surface area contributed by atoms with Crippen LogP contribution >= 0.6 is 0 Å². The molecule has 5 heteroatoms. The molecule has 0 radical (unpaired) electrons. The third-order valence-corrected chi connectivity index (χ3v) is 23.9. The quantitative estimate of drug-likeness (QED) is 0.235. The van der Waals surface area contributed by atoms with Crippen LogP contribution in [0.2, 0.25) is 42.3 Å². The number of fused-ring (bicyclic) bond motifs is 1. The predicted octanol–water partition coefficient (Wildman–Crippen LogP) is 8.88. The van der Waals surface area contributed by atoms with Crippen LogP contribution in [0.4, 0.5) is 0 Å². The summed E-state index contributed by atoms with van der Waals surface area (Å²) in [4.78, 5) is 0. The van der Waals surface area contributed by atoms with E-state index < -0.39 is 22.0 Å². The first-order valence-corrected chi connectivity index (χ1v) is 22.2. The molecule has 3 aliphatic rings. The number of rotatable bonds is 7. The summed E-state index contributed by atoms with van der Waals surface area (Å²) >= 11 is 0. The molecule has 0 heterocycles. The van der Waals surface area contributed by atoms with Gasteiger partial charge in [0.1, 0.15) is 5.60 Å². The minimum atomic E-state index is -1.89. The van der Waals surface area contributed by atoms with Crippen molar-refractivity contribution in [1.82, 2.24) is 0 Å². The standard InChI is InChI=1S/C34H64O3Si2/c1-14-34(36)21-17-29-27(18-22-38(10,11)30(2,3)4)28(16-20-33(29,34)9)32(8)19-15-26(35)23-25(32)24-37-39(12,13)31(5,6)7/h1,25-29,35-36H,15-24H2,2-13H3/t25-,26+,27-,28?,29?,32+,33+,34+/m1/s1. The van der Waals surface area contributed by atoms with E-state index in [0.717, 1.165) is 51.6 Å². The Labute approximate surface area is 244 Å². The summed E-state index contributed by atoms with van der Waals surface area (Å²) in [5, 5.41) is 23.1. The van der Waals surface area contributed by atoms with Gasteiger partial charge in [0, 0.05) is 12.0 Å². The molecule has 2 N–H and O–H groups in total. The lowest BCUT2D eigenvalue weighted by molar-refractivity contribution is -0.125. The average Bonchev–Trinajstić information content (AvgIpc) is 3.08. The first-order valence-electron chi connectivity index (χ1n) is 16.1. The fourth-order valence-electron chi connectivity index (χ4n) is 8.33. The Morgan fingerprint density at radius 1 is 0.897 bits per heavy atom. The number of aliphatic hydroxyl groups excluding tert-OH is 1. The molecule has 3 nitrogen and oxygen atoms in total. The van der Waals surface area contributed by atoms with Crippen LogP contribution in [0.25, 0.3) is 0 Å². The fraction of sp³-hybridized carbons (Fsp3) is 0.941. The van der Waals surface area contributed by atoms with E-state index in [1.165, 1.54) is 12.5 Å². The summed E-state index contributed by atoms with van der Waals surface area (Å²) in [6.07, 6.45) is 13.8. The third kappa shape index (κ3) is 6.03. The number of aliphatic hydroxyl groups is 2. The largest absolute Gasteiger partial charge is 0.417 e. The highest BCUT2D eigenvalue weighted by Gasteiger charge is 2.63. The van der Waals surface area contributed by atoms with Crippen LogP contribution in [-0.4, -0.2) is 44.9 Å². The zero-order valence-electron chi connectivity index (χ0n) is 27.8. The molecule has 39 heavy (non-hydrogen) atoms. The van der Waals surface area contributed by atoms with Gasteiger partial charge in [0.15, 0.2) is 8.32 Å². The van der Waals surface area contributed by atoms with Crippen molar-refractivity contribution in [2.45, 2.75) is 161 Å². The summed E-state index contributed by atoms with van der Waals surface area (Å²) in [7, 11) is -3.35. The highest BCUT2D eigenvalue weighted by atomic mass is 28.4. The van der Waals surface area contributed by atoms with Gasteiger partial charge in [-0.2, -0.15) is 0 Å². The number of terminal acetylenes is 1. The van der Waals surface area contributed by atoms with E-state index in [0.29, 0.717) is 28.7 Å². The van der Waals surface area contributed by atoms with Crippen LogP contribution in [0, 0.1) is 46.8 Å². The molecule has 8 atom stereocenters. The minimum absolute atomic E-state index is 0.137. The first-order chi connectivity index (χ1) is 17.5. The molecular formula is C34H64O3Si2. The number of hydrogen-bond donors (Lipinski definition) is 2. The Kier molecular flexibility index (Phi) is 9.29. The first kappa shape index (κ1) is 33.4. The van der Waals surface area contributed by atoms with Gasteiger partial charge >= 0.3 is 0 Å². The number of hydrogen-bond acceptors (Lipinski definition) is 3. The summed E-state index contributed by atoms with van der Waals surface area (Å²) in [6, 6.07) is 1.32. The van der Waals surface area contributed by atoms with Crippen molar-refractivity contribution >= 4 is 16.4 Å². The van der Waals surface area contributed by atoms with E-state index in [2.05, 4.69) is 87.5 Å². The highest BCUT2D eigenvalue weighted by molar-refractivity contribution is 6.80. The second-order valence-electron chi connectivity index (χ2n) is 17.8. The second-order valence-corrected chi connectivity index (χ2v) is 28.3. The van der Waals surface area contributed by atoms with E-state index in [-0.39, 0.29) is 22.0 Å². The van der Waals surface area contributed by atoms with Crippen LogP contribution < -0.4 is 0 Å². The van der Waals surface area contributed by atoms with E-state index >= 15 is 0 Å². The summed E-state index contributed by atoms with van der Waals surface area (Å²) in [5.41, 5.74) is -1.04. The zero-order chi connectivity index (χ0) is 29.9. The van der Waals surface area contributed by atoms with Gasteiger partial charge in [0.25, 0.3) is 0 Å². The zero-order valence-corrected chi connectivity index (χ0v) is 29.8. The van der Waals surface area contributed by atoms with Gasteiger partial charge in [0.05, 0.1) is 14.2 Å². The highest BCUT2D eigenvalue weighted by Crippen LogP contribution is 2.66. The van der Waals surface area contributed by atoms with E-state index in [4.69, 9.17) is 10.8 Å². The average molecular weight is 577 g/mol. The summed E-state index contributed by atoms with van der Waals surface area (Å²) in [6.45, 7) is 29.8. The summed E-state index contributed by atoms with van der Waals surface area (Å²) < 4.78 is 6.89. The van der Waals surface area contributed by atoms with Crippen LogP contribution in [0.5, 0.6) is 0 Å². The molecule has 0 bridgehead atoms. The van der Waals surface area contributed by atoms with Gasteiger partial charge in [-0.15, -0.1) is 6.42 Å². The van der Waals surface area contributed by atoms with Gasteiger partial charge in [-0.1, -0.05) is 86.9 Å². The molecule has 0 amide bonds. The molecule has 0 aliphatic heterocycles. The van der Waals surface area contributed by atoms with Crippen LogP contribution in [0.3, 0.4) is 0 Å². The van der Waals surface area contributed by atoms with Crippen molar-refractivity contribution in [2.75, 3.05) is 6.61 Å². The van der Waals surface area contributed by atoms with E-state index in [1.807, 2.05) is 0 Å². The van der Waals surface area contributed by atoms with Crippen molar-refractivity contribution in [3.8, 4) is 12.3 Å². The van der Waals surface area contributed by atoms with Crippen molar-refractivity contribution in [1.29, 1.82) is 0 Å². The lowest BCUT2D eigenvalue weighted by Crippen LogP contribution is -2.55. The molecule has 0 aromatic carbocycles. The molecule has 226 valence electrons. The SMILES string of the molecule is C#C[C@]1(O)CCC2[C@H](CC[Si](C)(C)C(C)(C)C)C([C@@]3(C)CC[C@H](O)C[C@@H]3CO[Si](C)(C)C(C)(C)C)CC[C@@]21C. The van der Waals surface area contributed by atoms with Gasteiger partial charge in [-0.25, -0.2) is 0 Å².